The number of para-hydroxylation sites is 1. The Balaban J connectivity index is 1.61. The molecule has 0 atom stereocenters. The van der Waals surface area contributed by atoms with Crippen molar-refractivity contribution >= 4 is 23.4 Å². The zero-order chi connectivity index (χ0) is 16.5. The Morgan fingerprint density at radius 3 is 2.52 bits per heavy atom. The zero-order valence-electron chi connectivity index (χ0n) is 13.2. The van der Waals surface area contributed by atoms with Crippen LogP contribution < -0.4 is 10.2 Å². The van der Waals surface area contributed by atoms with Crippen LogP contribution in [0.15, 0.2) is 59.5 Å². The van der Waals surface area contributed by atoms with E-state index in [0.29, 0.717) is 18.7 Å². The van der Waals surface area contributed by atoms with Gasteiger partial charge in [0.25, 0.3) is 0 Å². The van der Waals surface area contributed by atoms with Crippen LogP contribution in [0.5, 0.6) is 0 Å². The number of anilines is 1. The first-order valence-electron chi connectivity index (χ1n) is 7.56. The van der Waals surface area contributed by atoms with Crippen molar-refractivity contribution < 1.29 is 9.18 Å². The Kier molecular flexibility index (Phi) is 6.94. The van der Waals surface area contributed by atoms with Crippen molar-refractivity contribution in [3.63, 3.8) is 0 Å². The Hall–Kier alpha value is -2.01. The average Bonchev–Trinajstić information content (AvgIpc) is 2.57. The van der Waals surface area contributed by atoms with Gasteiger partial charge in [-0.15, -0.1) is 11.8 Å². The van der Waals surface area contributed by atoms with Gasteiger partial charge < -0.3 is 10.2 Å². The maximum absolute atomic E-state index is 12.8. The maximum Gasteiger partial charge on any atom is 0.220 e. The van der Waals surface area contributed by atoms with Gasteiger partial charge in [-0.25, -0.2) is 4.39 Å². The first-order valence-corrected chi connectivity index (χ1v) is 8.55. The topological polar surface area (TPSA) is 32.3 Å². The number of hydrogen-bond donors (Lipinski definition) is 1. The van der Waals surface area contributed by atoms with Gasteiger partial charge in [-0.2, -0.15) is 0 Å². The summed E-state index contributed by atoms with van der Waals surface area (Å²) in [6.45, 7) is 1.38. The molecule has 5 heteroatoms. The van der Waals surface area contributed by atoms with E-state index in [2.05, 4.69) is 10.2 Å². The quantitative estimate of drug-likeness (QED) is 0.750. The summed E-state index contributed by atoms with van der Waals surface area (Å²) in [5.74, 6) is 0.488. The van der Waals surface area contributed by atoms with Crippen molar-refractivity contribution in [3.05, 3.63) is 60.4 Å². The maximum atomic E-state index is 12.8. The van der Waals surface area contributed by atoms with E-state index in [-0.39, 0.29) is 11.7 Å². The fourth-order valence-corrected chi connectivity index (χ4v) is 2.91. The number of likely N-dealkylation sites (N-methyl/N-ethyl adjacent to an activating group) is 1. The van der Waals surface area contributed by atoms with E-state index in [1.54, 1.807) is 23.9 Å². The number of nitrogens with zero attached hydrogens (tertiary/aromatic N) is 1. The van der Waals surface area contributed by atoms with Gasteiger partial charge >= 0.3 is 0 Å². The molecule has 0 unspecified atom stereocenters. The van der Waals surface area contributed by atoms with Crippen molar-refractivity contribution in [2.75, 3.05) is 30.8 Å². The van der Waals surface area contributed by atoms with Crippen LogP contribution in [0.25, 0.3) is 0 Å². The molecule has 0 fully saturated rings. The Morgan fingerprint density at radius 2 is 1.83 bits per heavy atom. The van der Waals surface area contributed by atoms with Crippen LogP contribution in [0.2, 0.25) is 0 Å². The van der Waals surface area contributed by atoms with Gasteiger partial charge in [-0.1, -0.05) is 18.2 Å². The van der Waals surface area contributed by atoms with Gasteiger partial charge in [0.15, 0.2) is 0 Å². The predicted molar refractivity (Wildman–Crippen MR) is 94.5 cm³/mol. The summed E-state index contributed by atoms with van der Waals surface area (Å²) < 4.78 is 12.8. The van der Waals surface area contributed by atoms with Crippen molar-refractivity contribution in [2.45, 2.75) is 11.3 Å². The van der Waals surface area contributed by atoms with E-state index in [1.807, 2.05) is 37.4 Å². The van der Waals surface area contributed by atoms with Crippen LogP contribution in [0.4, 0.5) is 10.1 Å². The molecular weight excluding hydrogens is 311 g/mol. The van der Waals surface area contributed by atoms with E-state index in [9.17, 15) is 9.18 Å². The summed E-state index contributed by atoms with van der Waals surface area (Å²) in [6, 6.07) is 16.4. The molecule has 1 N–H and O–H groups in total. The monoisotopic (exact) mass is 332 g/mol. The highest BCUT2D eigenvalue weighted by Crippen LogP contribution is 2.18. The largest absolute Gasteiger partial charge is 0.373 e. The molecule has 122 valence electrons. The summed E-state index contributed by atoms with van der Waals surface area (Å²) in [5.41, 5.74) is 1.13. The molecule has 2 aromatic carbocycles. The second-order valence-electron chi connectivity index (χ2n) is 5.16. The molecule has 0 saturated heterocycles. The van der Waals surface area contributed by atoms with Gasteiger partial charge in [0.1, 0.15) is 5.82 Å². The van der Waals surface area contributed by atoms with Crippen LogP contribution >= 0.6 is 11.8 Å². The van der Waals surface area contributed by atoms with E-state index < -0.39 is 0 Å². The second kappa shape index (κ2) is 9.20. The number of carbonyl (C=O) groups is 1. The number of hydrogen-bond acceptors (Lipinski definition) is 3. The number of rotatable bonds is 8. The summed E-state index contributed by atoms with van der Waals surface area (Å²) in [7, 11) is 2.01. The van der Waals surface area contributed by atoms with Gasteiger partial charge in [0.05, 0.1) is 0 Å². The molecule has 1 amide bonds. The lowest BCUT2D eigenvalue weighted by Gasteiger charge is -2.19. The minimum absolute atomic E-state index is 0.0427. The van der Waals surface area contributed by atoms with Crippen LogP contribution in [0.1, 0.15) is 6.42 Å². The highest BCUT2D eigenvalue weighted by molar-refractivity contribution is 7.99. The highest BCUT2D eigenvalue weighted by atomic mass is 32.2. The van der Waals surface area contributed by atoms with Crippen molar-refractivity contribution in [1.29, 1.82) is 0 Å². The predicted octanol–water partition coefficient (Wildman–Crippen LogP) is 3.56. The summed E-state index contributed by atoms with van der Waals surface area (Å²) in [5, 5.41) is 2.92. The van der Waals surface area contributed by atoms with E-state index >= 15 is 0 Å². The molecule has 0 bridgehead atoms. The number of amides is 1. The number of halogens is 1. The first-order chi connectivity index (χ1) is 11.1. The molecular formula is C18H21FN2OS. The molecule has 2 rings (SSSR count). The number of nitrogens with one attached hydrogen (secondary N) is 1. The molecule has 0 aliphatic heterocycles. The SMILES string of the molecule is CN(CCNC(=O)CCSc1ccc(F)cc1)c1ccccc1. The van der Waals surface area contributed by atoms with E-state index in [0.717, 1.165) is 17.1 Å². The Labute approximate surface area is 140 Å². The van der Waals surface area contributed by atoms with Crippen molar-refractivity contribution in [2.24, 2.45) is 0 Å². The lowest BCUT2D eigenvalue weighted by molar-refractivity contribution is -0.120. The minimum atomic E-state index is -0.241. The van der Waals surface area contributed by atoms with E-state index in [4.69, 9.17) is 0 Å². The van der Waals surface area contributed by atoms with Crippen LogP contribution in [-0.4, -0.2) is 31.8 Å². The first kappa shape index (κ1) is 17.3. The summed E-state index contributed by atoms with van der Waals surface area (Å²) in [4.78, 5) is 14.9. The molecule has 0 saturated carbocycles. The molecule has 0 heterocycles. The van der Waals surface area contributed by atoms with Gasteiger partial charge in [-0.3, -0.25) is 4.79 Å². The fourth-order valence-electron chi connectivity index (χ4n) is 2.06. The fraction of sp³-hybridized carbons (Fsp3) is 0.278. The molecule has 0 aromatic heterocycles. The third kappa shape index (κ3) is 6.32. The molecule has 0 spiro atoms. The van der Waals surface area contributed by atoms with Gasteiger partial charge in [0.2, 0.25) is 5.91 Å². The lowest BCUT2D eigenvalue weighted by atomic mass is 10.3. The summed E-state index contributed by atoms with van der Waals surface area (Å²) >= 11 is 1.56. The van der Waals surface area contributed by atoms with Crippen molar-refractivity contribution in [3.8, 4) is 0 Å². The average molecular weight is 332 g/mol. The molecule has 0 aliphatic carbocycles. The van der Waals surface area contributed by atoms with Crippen molar-refractivity contribution in [1.82, 2.24) is 5.32 Å². The number of benzene rings is 2. The van der Waals surface area contributed by atoms with Gasteiger partial charge in [-0.05, 0) is 36.4 Å². The molecule has 0 aliphatic rings. The molecule has 3 nitrogen and oxygen atoms in total. The lowest BCUT2D eigenvalue weighted by Crippen LogP contribution is -2.33. The third-order valence-corrected chi connectivity index (χ3v) is 4.39. The van der Waals surface area contributed by atoms with E-state index in [1.165, 1.54) is 12.1 Å². The highest BCUT2D eigenvalue weighted by Gasteiger charge is 2.04. The number of carbonyl (C=O) groups excluding carboxylic acids is 1. The molecule has 2 aromatic rings. The standard InChI is InChI=1S/C18H21FN2OS/c1-21(16-5-3-2-4-6-16)13-12-20-18(22)11-14-23-17-9-7-15(19)8-10-17/h2-10H,11-14H2,1H3,(H,20,22). The summed E-state index contributed by atoms with van der Waals surface area (Å²) in [6.07, 6.45) is 0.455. The van der Waals surface area contributed by atoms with Crippen LogP contribution in [-0.2, 0) is 4.79 Å². The van der Waals surface area contributed by atoms with Crippen LogP contribution in [0, 0.1) is 5.82 Å². The normalized spacial score (nSPS) is 10.3. The Morgan fingerprint density at radius 1 is 1.13 bits per heavy atom. The van der Waals surface area contributed by atoms with Gasteiger partial charge in [0, 0.05) is 42.9 Å². The second-order valence-corrected chi connectivity index (χ2v) is 6.33. The smallest absolute Gasteiger partial charge is 0.220 e. The van der Waals surface area contributed by atoms with Crippen LogP contribution in [0.3, 0.4) is 0 Å². The molecule has 0 radical (unpaired) electrons. The zero-order valence-corrected chi connectivity index (χ0v) is 14.0. The minimum Gasteiger partial charge on any atom is -0.373 e. The Bertz CT molecular complexity index is 604. The number of thioether (sulfide) groups is 1. The third-order valence-electron chi connectivity index (χ3n) is 3.38. The molecule has 23 heavy (non-hydrogen) atoms.